The van der Waals surface area contributed by atoms with Crippen molar-refractivity contribution in [1.29, 1.82) is 0 Å². The number of phenols is 1. The van der Waals surface area contributed by atoms with E-state index in [2.05, 4.69) is 0 Å². The van der Waals surface area contributed by atoms with Crippen molar-refractivity contribution in [3.63, 3.8) is 0 Å². The molecule has 0 spiro atoms. The Morgan fingerprint density at radius 3 is 2.67 bits per heavy atom. The molecule has 5 heteroatoms. The lowest BCUT2D eigenvalue weighted by atomic mass is 9.86. The summed E-state index contributed by atoms with van der Waals surface area (Å²) < 4.78 is 12.5. The summed E-state index contributed by atoms with van der Waals surface area (Å²) in [6.07, 6.45) is 10.9. The fourth-order valence-corrected chi connectivity index (χ4v) is 4.10. The Balaban J connectivity index is 1.68. The van der Waals surface area contributed by atoms with Gasteiger partial charge >= 0.3 is 5.97 Å². The number of benzene rings is 1. The van der Waals surface area contributed by atoms with Crippen LogP contribution in [-0.4, -0.2) is 29.1 Å². The molecule has 1 aliphatic carbocycles. The van der Waals surface area contributed by atoms with E-state index in [1.807, 2.05) is 30.4 Å². The molecular formula is C22H30O5. The molecule has 1 saturated carbocycles. The van der Waals surface area contributed by atoms with Gasteiger partial charge in [0.25, 0.3) is 0 Å². The third kappa shape index (κ3) is 5.56. The SMILES string of the molecule is O=C(O)CC/C=C\C[C@@H]1CO[C@H](C2CCCCC2)O[C@@H]1c1ccccc1O. The zero-order chi connectivity index (χ0) is 19.1. The number of hydrogen-bond acceptors (Lipinski definition) is 4. The molecular weight excluding hydrogens is 344 g/mol. The molecule has 3 rings (SSSR count). The monoisotopic (exact) mass is 374 g/mol. The van der Waals surface area contributed by atoms with Gasteiger partial charge in [0.05, 0.1) is 12.7 Å². The van der Waals surface area contributed by atoms with Crippen molar-refractivity contribution in [2.24, 2.45) is 11.8 Å². The van der Waals surface area contributed by atoms with Crippen LogP contribution in [0.2, 0.25) is 0 Å². The Hall–Kier alpha value is -1.85. The van der Waals surface area contributed by atoms with Crippen LogP contribution < -0.4 is 0 Å². The van der Waals surface area contributed by atoms with E-state index in [1.54, 1.807) is 6.07 Å². The number of allylic oxidation sites excluding steroid dienone is 2. The second kappa shape index (κ2) is 9.90. The summed E-state index contributed by atoms with van der Waals surface area (Å²) in [5, 5.41) is 19.1. The fraction of sp³-hybridized carbons (Fsp3) is 0.591. The number of carbonyl (C=O) groups is 1. The van der Waals surface area contributed by atoms with Gasteiger partial charge in [0.2, 0.25) is 0 Å². The molecule has 2 N–H and O–H groups in total. The molecule has 5 nitrogen and oxygen atoms in total. The van der Waals surface area contributed by atoms with Gasteiger partial charge in [0.1, 0.15) is 5.75 Å². The number of carboxylic acid groups (broad SMARTS) is 1. The zero-order valence-electron chi connectivity index (χ0n) is 15.8. The van der Waals surface area contributed by atoms with E-state index in [0.29, 0.717) is 18.9 Å². The smallest absolute Gasteiger partial charge is 0.303 e. The van der Waals surface area contributed by atoms with Crippen LogP contribution in [0.4, 0.5) is 0 Å². The highest BCUT2D eigenvalue weighted by atomic mass is 16.7. The van der Waals surface area contributed by atoms with Crippen LogP contribution in [0.15, 0.2) is 36.4 Å². The minimum Gasteiger partial charge on any atom is -0.508 e. The highest BCUT2D eigenvalue weighted by molar-refractivity contribution is 5.66. The van der Waals surface area contributed by atoms with Crippen LogP contribution in [0, 0.1) is 11.8 Å². The van der Waals surface area contributed by atoms with Crippen LogP contribution >= 0.6 is 0 Å². The summed E-state index contributed by atoms with van der Waals surface area (Å²) in [6, 6.07) is 7.36. The van der Waals surface area contributed by atoms with E-state index in [4.69, 9.17) is 14.6 Å². The lowest BCUT2D eigenvalue weighted by Gasteiger charge is -2.41. The molecule has 1 aromatic rings. The van der Waals surface area contributed by atoms with E-state index in [-0.39, 0.29) is 30.5 Å². The Morgan fingerprint density at radius 2 is 1.93 bits per heavy atom. The van der Waals surface area contributed by atoms with E-state index >= 15 is 0 Å². The number of carboxylic acids is 1. The van der Waals surface area contributed by atoms with Crippen LogP contribution in [0.3, 0.4) is 0 Å². The first kappa shape index (κ1) is 19.9. The van der Waals surface area contributed by atoms with Gasteiger partial charge in [-0.25, -0.2) is 0 Å². The van der Waals surface area contributed by atoms with Crippen molar-refractivity contribution in [2.45, 2.75) is 63.8 Å². The first-order valence-electron chi connectivity index (χ1n) is 10.1. The second-order valence-corrected chi connectivity index (χ2v) is 7.61. The molecule has 2 aliphatic rings. The van der Waals surface area contributed by atoms with Crippen LogP contribution in [0.1, 0.15) is 63.0 Å². The fourth-order valence-electron chi connectivity index (χ4n) is 4.10. The predicted octanol–water partition coefficient (Wildman–Crippen LogP) is 4.81. The number of para-hydroxylation sites is 1. The Kier molecular flexibility index (Phi) is 7.30. The number of rotatable bonds is 7. The minimum absolute atomic E-state index is 0.0965. The standard InChI is InChI=1S/C22H30O5/c23-19-13-8-7-12-18(19)21-17(11-5-2-6-14-20(24)25)15-26-22(27-21)16-9-3-1-4-10-16/h2,5,7-8,12-13,16-17,21-23H,1,3-4,6,9-11,14-15H2,(H,24,25)/b5-2-/t17-,21+,22+/m1/s1. The molecule has 0 aromatic heterocycles. The van der Waals surface area contributed by atoms with Gasteiger partial charge in [-0.1, -0.05) is 49.6 Å². The zero-order valence-corrected chi connectivity index (χ0v) is 15.8. The van der Waals surface area contributed by atoms with Gasteiger partial charge in [-0.2, -0.15) is 0 Å². The number of hydrogen-bond donors (Lipinski definition) is 2. The molecule has 0 radical (unpaired) electrons. The van der Waals surface area contributed by atoms with Crippen molar-refractivity contribution < 1.29 is 24.5 Å². The van der Waals surface area contributed by atoms with Crippen molar-refractivity contribution in [3.05, 3.63) is 42.0 Å². The minimum atomic E-state index is -0.786. The summed E-state index contributed by atoms with van der Waals surface area (Å²) in [6.45, 7) is 0.587. The molecule has 27 heavy (non-hydrogen) atoms. The van der Waals surface area contributed by atoms with Gasteiger partial charge in [0, 0.05) is 23.8 Å². The largest absolute Gasteiger partial charge is 0.508 e. The number of phenolic OH excluding ortho intramolecular Hbond substituents is 1. The normalized spacial score (nSPS) is 27.0. The van der Waals surface area contributed by atoms with E-state index in [0.717, 1.165) is 24.8 Å². The molecule has 1 aromatic carbocycles. The average Bonchev–Trinajstić information content (AvgIpc) is 2.69. The molecule has 0 unspecified atom stereocenters. The molecule has 3 atom stereocenters. The maximum absolute atomic E-state index is 10.6. The second-order valence-electron chi connectivity index (χ2n) is 7.61. The van der Waals surface area contributed by atoms with Gasteiger partial charge in [-0.3, -0.25) is 4.79 Å². The molecule has 1 aliphatic heterocycles. The number of aromatic hydroxyl groups is 1. The highest BCUT2D eigenvalue weighted by Crippen LogP contribution is 2.42. The topological polar surface area (TPSA) is 76.0 Å². The van der Waals surface area contributed by atoms with E-state index in [9.17, 15) is 9.90 Å². The van der Waals surface area contributed by atoms with Gasteiger partial charge in [-0.05, 0) is 31.7 Å². The van der Waals surface area contributed by atoms with Gasteiger partial charge < -0.3 is 19.7 Å². The quantitative estimate of drug-likeness (QED) is 0.670. The van der Waals surface area contributed by atoms with Crippen molar-refractivity contribution >= 4 is 5.97 Å². The average molecular weight is 374 g/mol. The Bertz CT molecular complexity index is 635. The molecule has 0 amide bonds. The Labute approximate surface area is 161 Å². The number of ether oxygens (including phenoxy) is 2. The molecule has 1 saturated heterocycles. The summed E-state index contributed by atoms with van der Waals surface area (Å²) >= 11 is 0. The molecule has 1 heterocycles. The van der Waals surface area contributed by atoms with E-state index in [1.165, 1.54) is 19.3 Å². The van der Waals surface area contributed by atoms with Gasteiger partial charge in [-0.15, -0.1) is 0 Å². The van der Waals surface area contributed by atoms with Gasteiger partial charge in [0.15, 0.2) is 6.29 Å². The molecule has 2 fully saturated rings. The molecule has 0 bridgehead atoms. The summed E-state index contributed by atoms with van der Waals surface area (Å²) in [7, 11) is 0. The van der Waals surface area contributed by atoms with Crippen molar-refractivity contribution in [1.82, 2.24) is 0 Å². The first-order chi connectivity index (χ1) is 13.1. The predicted molar refractivity (Wildman–Crippen MR) is 102 cm³/mol. The summed E-state index contributed by atoms with van der Waals surface area (Å²) in [4.78, 5) is 10.6. The lowest BCUT2D eigenvalue weighted by Crippen LogP contribution is -2.39. The molecule has 148 valence electrons. The summed E-state index contributed by atoms with van der Waals surface area (Å²) in [5.74, 6) is -0.00331. The Morgan fingerprint density at radius 1 is 1.15 bits per heavy atom. The maximum Gasteiger partial charge on any atom is 0.303 e. The van der Waals surface area contributed by atoms with Crippen LogP contribution in [0.25, 0.3) is 0 Å². The third-order valence-corrected chi connectivity index (χ3v) is 5.59. The van der Waals surface area contributed by atoms with Crippen LogP contribution in [-0.2, 0) is 14.3 Å². The third-order valence-electron chi connectivity index (χ3n) is 5.59. The van der Waals surface area contributed by atoms with E-state index < -0.39 is 5.97 Å². The van der Waals surface area contributed by atoms with Crippen molar-refractivity contribution in [2.75, 3.05) is 6.61 Å². The van der Waals surface area contributed by atoms with Crippen molar-refractivity contribution in [3.8, 4) is 5.75 Å². The summed E-state index contributed by atoms with van der Waals surface area (Å²) in [5.41, 5.74) is 0.811. The lowest BCUT2D eigenvalue weighted by molar-refractivity contribution is -0.263. The maximum atomic E-state index is 10.6. The highest BCUT2D eigenvalue weighted by Gasteiger charge is 2.37. The first-order valence-corrected chi connectivity index (χ1v) is 10.1. The number of aliphatic carboxylic acids is 1. The van der Waals surface area contributed by atoms with Crippen LogP contribution in [0.5, 0.6) is 5.75 Å².